The lowest BCUT2D eigenvalue weighted by atomic mass is 10.1. The molecule has 0 aromatic heterocycles. The Hall–Kier alpha value is -3.10. The number of hydrogen-bond acceptors (Lipinski definition) is 4. The molecule has 4 nitrogen and oxygen atoms in total. The van der Waals surface area contributed by atoms with E-state index in [-0.39, 0.29) is 10.5 Å². The maximum atomic E-state index is 12.9. The highest BCUT2D eigenvalue weighted by Crippen LogP contribution is 2.34. The SMILES string of the molecule is N#CC(C#N)=Cc1cc(C(F)(F)F)ccc1S(=O)(=O)c1ccccc1. The second kappa shape index (κ2) is 6.80. The maximum absolute atomic E-state index is 12.9. The van der Waals surface area contributed by atoms with Crippen LogP contribution in [0.15, 0.2) is 63.9 Å². The van der Waals surface area contributed by atoms with E-state index in [1.807, 2.05) is 0 Å². The van der Waals surface area contributed by atoms with Gasteiger partial charge in [-0.1, -0.05) is 18.2 Å². The normalized spacial score (nSPS) is 11.2. The average molecular weight is 362 g/mol. The first kappa shape index (κ1) is 18.2. The zero-order valence-electron chi connectivity index (χ0n) is 12.4. The third kappa shape index (κ3) is 3.87. The number of halogens is 3. The zero-order valence-corrected chi connectivity index (χ0v) is 13.3. The van der Waals surface area contributed by atoms with Crippen molar-refractivity contribution in [2.45, 2.75) is 16.0 Å². The van der Waals surface area contributed by atoms with Crippen LogP contribution in [0, 0.1) is 22.7 Å². The van der Waals surface area contributed by atoms with E-state index in [0.717, 1.165) is 12.1 Å². The second-order valence-electron chi connectivity index (χ2n) is 4.85. The fourth-order valence-electron chi connectivity index (χ4n) is 2.05. The monoisotopic (exact) mass is 362 g/mol. The van der Waals surface area contributed by atoms with Crippen LogP contribution in [-0.2, 0) is 16.0 Å². The Labute approximate surface area is 142 Å². The predicted molar refractivity (Wildman–Crippen MR) is 82.5 cm³/mol. The summed E-state index contributed by atoms with van der Waals surface area (Å²) in [6.07, 6.45) is -3.87. The lowest BCUT2D eigenvalue weighted by Gasteiger charge is -2.12. The molecule has 2 aromatic carbocycles. The van der Waals surface area contributed by atoms with Gasteiger partial charge in [-0.3, -0.25) is 0 Å². The summed E-state index contributed by atoms with van der Waals surface area (Å²) in [6.45, 7) is 0. The summed E-state index contributed by atoms with van der Waals surface area (Å²) < 4.78 is 64.2. The van der Waals surface area contributed by atoms with Gasteiger partial charge in [0, 0.05) is 0 Å². The minimum Gasteiger partial charge on any atom is -0.218 e. The predicted octanol–water partition coefficient (Wildman–Crippen LogP) is 3.97. The molecule has 0 saturated carbocycles. The molecule has 2 rings (SSSR count). The van der Waals surface area contributed by atoms with Crippen molar-refractivity contribution in [2.75, 3.05) is 0 Å². The Morgan fingerprint density at radius 2 is 1.60 bits per heavy atom. The molecule has 0 aliphatic heterocycles. The summed E-state index contributed by atoms with van der Waals surface area (Å²) in [5, 5.41) is 17.6. The number of hydrogen-bond donors (Lipinski definition) is 0. The fourth-order valence-corrected chi connectivity index (χ4v) is 3.50. The maximum Gasteiger partial charge on any atom is 0.416 e. The topological polar surface area (TPSA) is 81.7 Å². The molecule has 0 heterocycles. The van der Waals surface area contributed by atoms with Crippen molar-refractivity contribution in [1.82, 2.24) is 0 Å². The van der Waals surface area contributed by atoms with E-state index in [4.69, 9.17) is 10.5 Å². The molecular weight excluding hydrogens is 353 g/mol. The van der Waals surface area contributed by atoms with Crippen LogP contribution in [0.1, 0.15) is 11.1 Å². The van der Waals surface area contributed by atoms with Crippen LogP contribution in [0.3, 0.4) is 0 Å². The smallest absolute Gasteiger partial charge is 0.218 e. The number of alkyl halides is 3. The van der Waals surface area contributed by atoms with Crippen molar-refractivity contribution in [3.63, 3.8) is 0 Å². The Morgan fingerprint density at radius 3 is 2.12 bits per heavy atom. The van der Waals surface area contributed by atoms with Crippen molar-refractivity contribution in [1.29, 1.82) is 10.5 Å². The van der Waals surface area contributed by atoms with Crippen LogP contribution >= 0.6 is 0 Å². The van der Waals surface area contributed by atoms with E-state index >= 15 is 0 Å². The lowest BCUT2D eigenvalue weighted by Crippen LogP contribution is -2.09. The largest absolute Gasteiger partial charge is 0.416 e. The van der Waals surface area contributed by atoms with Gasteiger partial charge in [0.25, 0.3) is 0 Å². The molecule has 0 radical (unpaired) electrons. The summed E-state index contributed by atoms with van der Waals surface area (Å²) in [6, 6.07) is 12.2. The quantitative estimate of drug-likeness (QED) is 0.774. The van der Waals surface area contributed by atoms with Gasteiger partial charge in [0.15, 0.2) is 0 Å². The van der Waals surface area contributed by atoms with Gasteiger partial charge < -0.3 is 0 Å². The number of sulfone groups is 1. The van der Waals surface area contributed by atoms with Gasteiger partial charge in [0.05, 0.1) is 15.4 Å². The molecule has 25 heavy (non-hydrogen) atoms. The van der Waals surface area contributed by atoms with Crippen LogP contribution in [-0.4, -0.2) is 8.42 Å². The lowest BCUT2D eigenvalue weighted by molar-refractivity contribution is -0.137. The van der Waals surface area contributed by atoms with Crippen molar-refractivity contribution in [2.24, 2.45) is 0 Å². The van der Waals surface area contributed by atoms with Crippen LogP contribution in [0.25, 0.3) is 6.08 Å². The number of nitriles is 2. The molecule has 0 fully saturated rings. The first-order chi connectivity index (χ1) is 11.7. The van der Waals surface area contributed by atoms with E-state index in [1.165, 1.54) is 36.4 Å². The first-order valence-electron chi connectivity index (χ1n) is 6.73. The highest BCUT2D eigenvalue weighted by Gasteiger charge is 2.32. The minimum atomic E-state index is -4.70. The molecule has 0 aliphatic carbocycles. The Kier molecular flexibility index (Phi) is 4.96. The molecule has 0 saturated heterocycles. The third-order valence-corrected chi connectivity index (χ3v) is 5.06. The van der Waals surface area contributed by atoms with Gasteiger partial charge in [0.2, 0.25) is 9.84 Å². The Morgan fingerprint density at radius 1 is 1.00 bits per heavy atom. The van der Waals surface area contributed by atoms with E-state index in [2.05, 4.69) is 0 Å². The summed E-state index contributed by atoms with van der Waals surface area (Å²) in [5.41, 5.74) is -1.97. The second-order valence-corrected chi connectivity index (χ2v) is 6.77. The average Bonchev–Trinajstić information content (AvgIpc) is 2.59. The molecule has 8 heteroatoms. The van der Waals surface area contributed by atoms with E-state index in [0.29, 0.717) is 12.1 Å². The molecule has 0 amide bonds. The number of nitrogens with zero attached hydrogens (tertiary/aromatic N) is 2. The van der Waals surface area contributed by atoms with Crippen molar-refractivity contribution < 1.29 is 21.6 Å². The minimum absolute atomic E-state index is 0.111. The molecule has 0 aliphatic rings. The number of benzene rings is 2. The van der Waals surface area contributed by atoms with Crippen LogP contribution in [0.2, 0.25) is 0 Å². The number of rotatable bonds is 3. The van der Waals surface area contributed by atoms with E-state index in [9.17, 15) is 21.6 Å². The van der Waals surface area contributed by atoms with Crippen molar-refractivity contribution in [3.05, 3.63) is 65.2 Å². The highest BCUT2D eigenvalue weighted by molar-refractivity contribution is 7.91. The van der Waals surface area contributed by atoms with Gasteiger partial charge in [-0.15, -0.1) is 0 Å². The third-order valence-electron chi connectivity index (χ3n) is 3.22. The molecule has 2 aromatic rings. The van der Waals surface area contributed by atoms with Gasteiger partial charge in [-0.05, 0) is 42.0 Å². The molecule has 0 unspecified atom stereocenters. The van der Waals surface area contributed by atoms with E-state index < -0.39 is 32.0 Å². The van der Waals surface area contributed by atoms with E-state index in [1.54, 1.807) is 6.07 Å². The summed E-state index contributed by atoms with van der Waals surface area (Å²) in [4.78, 5) is -0.533. The van der Waals surface area contributed by atoms with Crippen molar-refractivity contribution >= 4 is 15.9 Å². The summed E-state index contributed by atoms with van der Waals surface area (Å²) in [7, 11) is -4.12. The summed E-state index contributed by atoms with van der Waals surface area (Å²) >= 11 is 0. The summed E-state index contributed by atoms with van der Waals surface area (Å²) in [5.74, 6) is 0. The highest BCUT2D eigenvalue weighted by atomic mass is 32.2. The molecular formula is C17H9F3N2O2S. The molecule has 126 valence electrons. The molecule has 0 atom stereocenters. The van der Waals surface area contributed by atoms with Gasteiger partial charge in [-0.2, -0.15) is 23.7 Å². The standard InChI is InChI=1S/C17H9F3N2O2S/c18-17(19,20)14-6-7-16(13(9-14)8-12(10-21)11-22)25(23,24)15-4-2-1-3-5-15/h1-9H. The zero-order chi connectivity index (χ0) is 18.7. The van der Waals surface area contributed by atoms with Crippen molar-refractivity contribution in [3.8, 4) is 12.1 Å². The Balaban J connectivity index is 2.77. The Bertz CT molecular complexity index is 997. The van der Waals surface area contributed by atoms with Crippen LogP contribution < -0.4 is 0 Å². The van der Waals surface area contributed by atoms with Gasteiger partial charge >= 0.3 is 6.18 Å². The molecule has 0 bridgehead atoms. The van der Waals surface area contributed by atoms with Gasteiger partial charge in [-0.25, -0.2) is 8.42 Å². The van der Waals surface area contributed by atoms with Crippen LogP contribution in [0.5, 0.6) is 0 Å². The van der Waals surface area contributed by atoms with Crippen LogP contribution in [0.4, 0.5) is 13.2 Å². The number of allylic oxidation sites excluding steroid dienone is 1. The molecule has 0 N–H and O–H groups in total. The molecule has 0 spiro atoms. The first-order valence-corrected chi connectivity index (χ1v) is 8.21. The fraction of sp³-hybridized carbons (Fsp3) is 0.0588. The van der Waals surface area contributed by atoms with Gasteiger partial charge in [0.1, 0.15) is 17.7 Å².